The fourth-order valence-electron chi connectivity index (χ4n) is 2.59. The maximum absolute atomic E-state index is 14.0. The van der Waals surface area contributed by atoms with Crippen LogP contribution in [0, 0.1) is 17.1 Å². The summed E-state index contributed by atoms with van der Waals surface area (Å²) in [5.74, 6) is -0.305. The molecule has 0 aliphatic carbocycles. The average Bonchev–Trinajstić information content (AvgIpc) is 2.87. The second kappa shape index (κ2) is 4.26. The molecule has 1 atom stereocenters. The van der Waals surface area contributed by atoms with Gasteiger partial charge in [0, 0.05) is 17.5 Å². The van der Waals surface area contributed by atoms with Gasteiger partial charge in [0.25, 0.3) is 0 Å². The van der Waals surface area contributed by atoms with Crippen LogP contribution >= 0.6 is 0 Å². The lowest BCUT2D eigenvalue weighted by Gasteiger charge is -2.26. The first-order chi connectivity index (χ1) is 8.79. The number of halogens is 1. The van der Waals surface area contributed by atoms with Gasteiger partial charge in [-0.15, -0.1) is 0 Å². The molecule has 0 saturated carbocycles. The van der Waals surface area contributed by atoms with Crippen LogP contribution in [0.1, 0.15) is 35.7 Å². The van der Waals surface area contributed by atoms with Crippen molar-refractivity contribution in [3.05, 3.63) is 53.4 Å². The van der Waals surface area contributed by atoms with Crippen molar-refractivity contribution in [3.63, 3.8) is 0 Å². The topological polar surface area (TPSA) is 41.6 Å². The third kappa shape index (κ3) is 1.68. The van der Waals surface area contributed by atoms with E-state index in [0.29, 0.717) is 11.1 Å². The summed E-state index contributed by atoms with van der Waals surface area (Å²) in [5, 5.41) is 8.76. The summed E-state index contributed by atoms with van der Waals surface area (Å²) in [4.78, 5) is 4.13. The SMILES string of the molecule is N#Cc1ccc([C@H]2CCCc3cncn32)c(F)c1. The Bertz CT molecular complexity index is 624. The molecule has 0 saturated heterocycles. The van der Waals surface area contributed by atoms with Crippen molar-refractivity contribution in [2.45, 2.75) is 25.3 Å². The van der Waals surface area contributed by atoms with Gasteiger partial charge in [-0.05, 0) is 31.4 Å². The van der Waals surface area contributed by atoms with Crippen LogP contribution in [0.3, 0.4) is 0 Å². The normalized spacial score (nSPS) is 18.1. The van der Waals surface area contributed by atoms with Gasteiger partial charge in [-0.1, -0.05) is 6.07 Å². The Kier molecular flexibility index (Phi) is 2.60. The van der Waals surface area contributed by atoms with E-state index < -0.39 is 0 Å². The van der Waals surface area contributed by atoms with Crippen molar-refractivity contribution < 1.29 is 4.39 Å². The third-order valence-electron chi connectivity index (χ3n) is 3.48. The maximum Gasteiger partial charge on any atom is 0.129 e. The van der Waals surface area contributed by atoms with Crippen molar-refractivity contribution in [1.29, 1.82) is 5.26 Å². The van der Waals surface area contributed by atoms with Gasteiger partial charge in [0.05, 0.1) is 24.0 Å². The summed E-state index contributed by atoms with van der Waals surface area (Å²) in [6.45, 7) is 0. The highest BCUT2D eigenvalue weighted by Gasteiger charge is 2.23. The van der Waals surface area contributed by atoms with E-state index >= 15 is 0 Å². The van der Waals surface area contributed by atoms with Crippen LogP contribution in [0.4, 0.5) is 4.39 Å². The quantitative estimate of drug-likeness (QED) is 0.770. The molecule has 90 valence electrons. The van der Waals surface area contributed by atoms with Crippen LogP contribution in [0.5, 0.6) is 0 Å². The smallest absolute Gasteiger partial charge is 0.129 e. The van der Waals surface area contributed by atoms with Gasteiger partial charge < -0.3 is 4.57 Å². The molecule has 2 aromatic rings. The van der Waals surface area contributed by atoms with E-state index in [9.17, 15) is 4.39 Å². The van der Waals surface area contributed by atoms with E-state index in [0.717, 1.165) is 25.0 Å². The van der Waals surface area contributed by atoms with Crippen molar-refractivity contribution in [2.24, 2.45) is 0 Å². The molecule has 3 rings (SSSR count). The minimum Gasteiger partial charge on any atom is -0.327 e. The predicted octanol–water partition coefficient (Wildman–Crippen LogP) is 2.82. The van der Waals surface area contributed by atoms with Crippen molar-refractivity contribution >= 4 is 0 Å². The number of imidazole rings is 1. The van der Waals surface area contributed by atoms with E-state index in [2.05, 4.69) is 4.98 Å². The number of aromatic nitrogens is 2. The molecule has 1 aliphatic rings. The highest BCUT2D eigenvalue weighted by molar-refractivity contribution is 5.35. The first-order valence-corrected chi connectivity index (χ1v) is 6.00. The summed E-state index contributed by atoms with van der Waals surface area (Å²) < 4.78 is 16.1. The van der Waals surface area contributed by atoms with E-state index in [1.54, 1.807) is 18.5 Å². The van der Waals surface area contributed by atoms with E-state index in [4.69, 9.17) is 5.26 Å². The Hall–Kier alpha value is -2.15. The van der Waals surface area contributed by atoms with Crippen LogP contribution in [0.15, 0.2) is 30.7 Å². The van der Waals surface area contributed by atoms with Crippen molar-refractivity contribution in [3.8, 4) is 6.07 Å². The molecule has 0 bridgehead atoms. The molecule has 0 radical (unpaired) electrons. The lowest BCUT2D eigenvalue weighted by molar-refractivity contribution is 0.439. The molecule has 0 amide bonds. The number of aryl methyl sites for hydroxylation is 1. The predicted molar refractivity (Wildman–Crippen MR) is 64.4 cm³/mol. The van der Waals surface area contributed by atoms with Crippen LogP contribution in [0.2, 0.25) is 0 Å². The largest absolute Gasteiger partial charge is 0.327 e. The Balaban J connectivity index is 2.05. The molecule has 18 heavy (non-hydrogen) atoms. The minimum atomic E-state index is -0.305. The van der Waals surface area contributed by atoms with Crippen LogP contribution in [-0.4, -0.2) is 9.55 Å². The van der Waals surface area contributed by atoms with E-state index in [1.165, 1.54) is 6.07 Å². The van der Waals surface area contributed by atoms with Gasteiger partial charge in [0.1, 0.15) is 5.82 Å². The Labute approximate surface area is 105 Å². The maximum atomic E-state index is 14.0. The summed E-state index contributed by atoms with van der Waals surface area (Å²) in [7, 11) is 0. The minimum absolute atomic E-state index is 0.00370. The van der Waals surface area contributed by atoms with E-state index in [-0.39, 0.29) is 11.9 Å². The summed E-state index contributed by atoms with van der Waals surface area (Å²) in [5.41, 5.74) is 2.15. The van der Waals surface area contributed by atoms with Crippen molar-refractivity contribution in [2.75, 3.05) is 0 Å². The van der Waals surface area contributed by atoms with Crippen LogP contribution < -0.4 is 0 Å². The molecule has 0 unspecified atom stereocenters. The monoisotopic (exact) mass is 241 g/mol. The number of benzene rings is 1. The molecule has 0 N–H and O–H groups in total. The molecule has 0 fully saturated rings. The second-order valence-electron chi connectivity index (χ2n) is 4.55. The van der Waals surface area contributed by atoms with Gasteiger partial charge in [-0.3, -0.25) is 0 Å². The fourth-order valence-corrected chi connectivity index (χ4v) is 2.59. The van der Waals surface area contributed by atoms with E-state index in [1.807, 2.05) is 16.8 Å². The fraction of sp³-hybridized carbons (Fsp3) is 0.286. The third-order valence-corrected chi connectivity index (χ3v) is 3.48. The first-order valence-electron chi connectivity index (χ1n) is 6.00. The second-order valence-corrected chi connectivity index (χ2v) is 4.55. The lowest BCUT2D eigenvalue weighted by atomic mass is 9.95. The Morgan fingerprint density at radius 3 is 3.11 bits per heavy atom. The zero-order chi connectivity index (χ0) is 12.5. The molecule has 0 spiro atoms. The highest BCUT2D eigenvalue weighted by Crippen LogP contribution is 2.31. The average molecular weight is 241 g/mol. The lowest BCUT2D eigenvalue weighted by Crippen LogP contribution is -2.18. The van der Waals surface area contributed by atoms with Crippen molar-refractivity contribution in [1.82, 2.24) is 9.55 Å². The molecule has 1 aliphatic heterocycles. The summed E-state index contributed by atoms with van der Waals surface area (Å²) in [6.07, 6.45) is 6.54. The van der Waals surface area contributed by atoms with Gasteiger partial charge >= 0.3 is 0 Å². The molecule has 2 heterocycles. The van der Waals surface area contributed by atoms with Gasteiger partial charge in [-0.2, -0.15) is 5.26 Å². The molecular formula is C14H12FN3. The van der Waals surface area contributed by atoms with Gasteiger partial charge in [-0.25, -0.2) is 9.37 Å². The van der Waals surface area contributed by atoms with Gasteiger partial charge in [0.2, 0.25) is 0 Å². The standard InChI is InChI=1S/C14H12FN3/c15-13-6-10(7-16)4-5-12(13)14-3-1-2-11-8-17-9-18(11)14/h4-6,8-9,14H,1-3H2/t14-/m1/s1. The first kappa shape index (κ1) is 11.0. The molecule has 1 aromatic carbocycles. The zero-order valence-corrected chi connectivity index (χ0v) is 9.81. The molecule has 4 heteroatoms. The molecule has 3 nitrogen and oxygen atoms in total. The highest BCUT2D eigenvalue weighted by atomic mass is 19.1. The number of fused-ring (bicyclic) bond motifs is 1. The zero-order valence-electron chi connectivity index (χ0n) is 9.81. The number of nitrogens with zero attached hydrogens (tertiary/aromatic N) is 3. The summed E-state index contributed by atoms with van der Waals surface area (Å²) in [6, 6.07) is 6.65. The number of rotatable bonds is 1. The van der Waals surface area contributed by atoms with Crippen LogP contribution in [-0.2, 0) is 6.42 Å². The molecule has 1 aromatic heterocycles. The van der Waals surface area contributed by atoms with Crippen LogP contribution in [0.25, 0.3) is 0 Å². The molecular weight excluding hydrogens is 229 g/mol. The Morgan fingerprint density at radius 2 is 2.33 bits per heavy atom. The number of nitriles is 1. The van der Waals surface area contributed by atoms with Gasteiger partial charge in [0.15, 0.2) is 0 Å². The Morgan fingerprint density at radius 1 is 1.44 bits per heavy atom. The number of hydrogen-bond acceptors (Lipinski definition) is 2. The number of hydrogen-bond donors (Lipinski definition) is 0. The summed E-state index contributed by atoms with van der Waals surface area (Å²) >= 11 is 0.